The Morgan fingerprint density at radius 2 is 2.03 bits per heavy atom. The molecule has 2 aromatic heterocycles. The van der Waals surface area contributed by atoms with Gasteiger partial charge in [0.25, 0.3) is 5.91 Å². The highest BCUT2D eigenvalue weighted by Crippen LogP contribution is 2.34. The average molecular weight is 535 g/mol. The molecular weight excluding hydrogens is 496 g/mol. The van der Waals surface area contributed by atoms with E-state index in [9.17, 15) is 9.59 Å². The van der Waals surface area contributed by atoms with Gasteiger partial charge in [0.1, 0.15) is 11.2 Å². The van der Waals surface area contributed by atoms with Crippen molar-refractivity contribution in [3.8, 4) is 0 Å². The number of carbonyl (C=O) groups is 2. The van der Waals surface area contributed by atoms with Crippen LogP contribution in [0, 0.1) is 6.92 Å². The zero-order valence-electron chi connectivity index (χ0n) is 22.6. The zero-order valence-corrected chi connectivity index (χ0v) is 23.3. The summed E-state index contributed by atoms with van der Waals surface area (Å²) in [6.07, 6.45) is 4.74. The summed E-state index contributed by atoms with van der Waals surface area (Å²) in [7, 11) is 1.71. The quantitative estimate of drug-likeness (QED) is 0.439. The molecule has 0 N–H and O–H groups in total. The van der Waals surface area contributed by atoms with E-state index in [0.717, 1.165) is 54.5 Å². The van der Waals surface area contributed by atoms with Crippen LogP contribution in [0.1, 0.15) is 57.7 Å². The van der Waals surface area contributed by atoms with Gasteiger partial charge in [0.05, 0.1) is 18.2 Å². The normalized spacial score (nSPS) is 18.3. The SMILES string of the molecule is COCCCCn1cc(CN(C(=O)[C@H]2CN(C(=O)OC(C)(C)C)CCO2)C2CC2)c2c(Cl)cc(C)nc21. The van der Waals surface area contributed by atoms with Crippen molar-refractivity contribution < 1.29 is 23.8 Å². The highest BCUT2D eigenvalue weighted by Gasteiger charge is 2.40. The number of amides is 2. The fourth-order valence-electron chi connectivity index (χ4n) is 4.69. The van der Waals surface area contributed by atoms with Crippen molar-refractivity contribution in [2.75, 3.05) is 33.4 Å². The summed E-state index contributed by atoms with van der Waals surface area (Å²) >= 11 is 6.72. The number of ether oxygens (including phenoxy) is 3. The molecule has 2 aromatic rings. The second-order valence-electron chi connectivity index (χ2n) is 11.0. The molecule has 1 aliphatic carbocycles. The summed E-state index contributed by atoms with van der Waals surface area (Å²) in [5.74, 6) is -0.104. The number of hydrogen-bond acceptors (Lipinski definition) is 6. The second kappa shape index (κ2) is 11.6. The number of unbranched alkanes of at least 4 members (excludes halogenated alkanes) is 1. The van der Waals surface area contributed by atoms with Gasteiger partial charge < -0.3 is 28.6 Å². The number of hydrogen-bond donors (Lipinski definition) is 0. The van der Waals surface area contributed by atoms with Crippen molar-refractivity contribution in [3.63, 3.8) is 0 Å². The first-order valence-corrected chi connectivity index (χ1v) is 13.5. The Morgan fingerprint density at radius 1 is 1.27 bits per heavy atom. The van der Waals surface area contributed by atoms with Gasteiger partial charge in [-0.05, 0) is 59.4 Å². The fraction of sp³-hybridized carbons (Fsp3) is 0.667. The van der Waals surface area contributed by atoms with Crippen LogP contribution in [0.2, 0.25) is 5.02 Å². The van der Waals surface area contributed by atoms with Crippen LogP contribution in [-0.4, -0.2) is 82.5 Å². The fourth-order valence-corrected chi connectivity index (χ4v) is 5.05. The van der Waals surface area contributed by atoms with E-state index < -0.39 is 17.8 Å². The van der Waals surface area contributed by atoms with E-state index in [2.05, 4.69) is 10.8 Å². The molecule has 0 spiro atoms. The van der Waals surface area contributed by atoms with Gasteiger partial charge in [0.2, 0.25) is 0 Å². The number of carbonyl (C=O) groups excluding carboxylic acids is 2. The van der Waals surface area contributed by atoms with Crippen LogP contribution < -0.4 is 0 Å². The van der Waals surface area contributed by atoms with E-state index >= 15 is 0 Å². The van der Waals surface area contributed by atoms with Crippen LogP contribution in [-0.2, 0) is 32.1 Å². The van der Waals surface area contributed by atoms with E-state index in [1.54, 1.807) is 12.0 Å². The van der Waals surface area contributed by atoms with Crippen molar-refractivity contribution in [1.82, 2.24) is 19.4 Å². The van der Waals surface area contributed by atoms with Crippen LogP contribution >= 0.6 is 11.6 Å². The largest absolute Gasteiger partial charge is 0.444 e. The molecule has 3 heterocycles. The number of halogens is 1. The Labute approximate surface area is 224 Å². The maximum Gasteiger partial charge on any atom is 0.410 e. The summed E-state index contributed by atoms with van der Waals surface area (Å²) in [4.78, 5) is 34.6. The lowest BCUT2D eigenvalue weighted by Gasteiger charge is -2.35. The number of morpholine rings is 1. The number of fused-ring (bicyclic) bond motifs is 1. The number of rotatable bonds is 9. The lowest BCUT2D eigenvalue weighted by atomic mass is 10.1. The Morgan fingerprint density at radius 3 is 2.70 bits per heavy atom. The minimum absolute atomic E-state index is 0.104. The van der Waals surface area contributed by atoms with Crippen molar-refractivity contribution in [1.29, 1.82) is 0 Å². The van der Waals surface area contributed by atoms with Crippen LogP contribution in [0.25, 0.3) is 11.0 Å². The predicted octanol–water partition coefficient (Wildman–Crippen LogP) is 4.55. The number of aryl methyl sites for hydroxylation is 2. The number of methoxy groups -OCH3 is 1. The van der Waals surface area contributed by atoms with Crippen molar-refractivity contribution in [2.45, 2.75) is 84.2 Å². The molecule has 1 atom stereocenters. The van der Waals surface area contributed by atoms with E-state index in [0.29, 0.717) is 31.3 Å². The molecule has 1 saturated carbocycles. The monoisotopic (exact) mass is 534 g/mol. The predicted molar refractivity (Wildman–Crippen MR) is 142 cm³/mol. The van der Waals surface area contributed by atoms with Crippen LogP contribution in [0.3, 0.4) is 0 Å². The Hall–Kier alpha value is -2.36. The van der Waals surface area contributed by atoms with Gasteiger partial charge in [-0.1, -0.05) is 11.6 Å². The van der Waals surface area contributed by atoms with Crippen LogP contribution in [0.15, 0.2) is 12.3 Å². The number of pyridine rings is 1. The summed E-state index contributed by atoms with van der Waals surface area (Å²) in [6, 6.07) is 2.03. The van der Waals surface area contributed by atoms with Gasteiger partial charge in [-0.25, -0.2) is 9.78 Å². The lowest BCUT2D eigenvalue weighted by molar-refractivity contribution is -0.150. The van der Waals surface area contributed by atoms with Gasteiger partial charge in [0, 0.05) is 62.2 Å². The number of nitrogens with zero attached hydrogens (tertiary/aromatic N) is 4. The zero-order chi connectivity index (χ0) is 26.7. The first kappa shape index (κ1) is 27.7. The molecule has 0 unspecified atom stereocenters. The molecule has 2 aliphatic rings. The Kier molecular flexibility index (Phi) is 8.66. The summed E-state index contributed by atoms with van der Waals surface area (Å²) in [5.41, 5.74) is 2.07. The van der Waals surface area contributed by atoms with E-state index in [4.69, 9.17) is 30.8 Å². The first-order chi connectivity index (χ1) is 17.6. The molecule has 204 valence electrons. The van der Waals surface area contributed by atoms with Crippen molar-refractivity contribution in [3.05, 3.63) is 28.5 Å². The van der Waals surface area contributed by atoms with Gasteiger partial charge >= 0.3 is 6.09 Å². The van der Waals surface area contributed by atoms with E-state index in [1.165, 1.54) is 0 Å². The molecule has 10 heteroatoms. The molecule has 9 nitrogen and oxygen atoms in total. The topological polar surface area (TPSA) is 86.1 Å². The van der Waals surface area contributed by atoms with E-state index in [-0.39, 0.29) is 18.5 Å². The average Bonchev–Trinajstić information content (AvgIpc) is 3.61. The second-order valence-corrected chi connectivity index (χ2v) is 11.4. The summed E-state index contributed by atoms with van der Waals surface area (Å²) < 4.78 is 18.7. The molecule has 2 amide bonds. The molecule has 0 aromatic carbocycles. The highest BCUT2D eigenvalue weighted by atomic mass is 35.5. The van der Waals surface area contributed by atoms with Gasteiger partial charge in [-0.15, -0.1) is 0 Å². The Balaban J connectivity index is 1.54. The molecule has 1 saturated heterocycles. The number of aromatic nitrogens is 2. The van der Waals surface area contributed by atoms with Crippen LogP contribution in [0.4, 0.5) is 4.79 Å². The Bertz CT molecular complexity index is 1120. The minimum atomic E-state index is -0.722. The highest BCUT2D eigenvalue weighted by molar-refractivity contribution is 6.35. The lowest BCUT2D eigenvalue weighted by Crippen LogP contribution is -2.53. The summed E-state index contributed by atoms with van der Waals surface area (Å²) in [5, 5.41) is 1.53. The van der Waals surface area contributed by atoms with Gasteiger partial charge in [-0.2, -0.15) is 0 Å². The van der Waals surface area contributed by atoms with Gasteiger partial charge in [-0.3, -0.25) is 4.79 Å². The first-order valence-electron chi connectivity index (χ1n) is 13.1. The van der Waals surface area contributed by atoms with Gasteiger partial charge in [0.15, 0.2) is 6.10 Å². The molecule has 2 fully saturated rings. The third kappa shape index (κ3) is 6.94. The van der Waals surface area contributed by atoms with Crippen molar-refractivity contribution in [2.24, 2.45) is 0 Å². The molecule has 4 rings (SSSR count). The standard InChI is InChI=1S/C27H39ClN4O5/c1-18-14-21(28)23-19(15-30(24(23)29-18)10-6-7-12-35-5)16-32(20-8-9-20)25(33)22-17-31(11-13-36-22)26(34)37-27(2,3)4/h14-15,20,22H,6-13,16-17H2,1-5H3/t22-/m1/s1. The molecule has 37 heavy (non-hydrogen) atoms. The molecule has 1 aliphatic heterocycles. The third-order valence-electron chi connectivity index (χ3n) is 6.59. The molecular formula is C27H39ClN4O5. The molecule has 0 radical (unpaired) electrons. The molecule has 0 bridgehead atoms. The summed E-state index contributed by atoms with van der Waals surface area (Å²) in [6.45, 7) is 10.2. The van der Waals surface area contributed by atoms with E-state index in [1.807, 2.05) is 38.7 Å². The smallest absolute Gasteiger partial charge is 0.410 e. The maximum atomic E-state index is 13.7. The van der Waals surface area contributed by atoms with Crippen molar-refractivity contribution >= 4 is 34.6 Å². The third-order valence-corrected chi connectivity index (χ3v) is 6.89. The van der Waals surface area contributed by atoms with Crippen LogP contribution in [0.5, 0.6) is 0 Å². The minimum Gasteiger partial charge on any atom is -0.444 e. The maximum absolute atomic E-state index is 13.7.